The quantitative estimate of drug-likeness (QED) is 0.607. The second kappa shape index (κ2) is 8.64. The minimum absolute atomic E-state index is 0.148. The third kappa shape index (κ3) is 5.04. The molecule has 2 amide bonds. The van der Waals surface area contributed by atoms with E-state index in [-0.39, 0.29) is 17.9 Å². The summed E-state index contributed by atoms with van der Waals surface area (Å²) >= 11 is 0. The molecule has 0 unspecified atom stereocenters. The molecule has 1 fully saturated rings. The minimum atomic E-state index is -0.614. The maximum Gasteiger partial charge on any atom is 0.242 e. The van der Waals surface area contributed by atoms with Crippen molar-refractivity contribution in [3.05, 3.63) is 59.8 Å². The van der Waals surface area contributed by atoms with Gasteiger partial charge in [0.15, 0.2) is 0 Å². The molecule has 1 aromatic carbocycles. The topological polar surface area (TPSA) is 109 Å². The van der Waals surface area contributed by atoms with Crippen LogP contribution in [0.15, 0.2) is 48.7 Å². The van der Waals surface area contributed by atoms with Crippen LogP contribution in [0.4, 0.5) is 5.82 Å². The number of anilines is 1. The van der Waals surface area contributed by atoms with E-state index in [1.54, 1.807) is 25.3 Å². The molecule has 27 heavy (non-hydrogen) atoms. The van der Waals surface area contributed by atoms with E-state index >= 15 is 0 Å². The van der Waals surface area contributed by atoms with Gasteiger partial charge in [0.05, 0.1) is 6.04 Å². The molecule has 1 aromatic heterocycles. The molecule has 0 spiro atoms. The second-order valence-corrected chi connectivity index (χ2v) is 6.84. The van der Waals surface area contributed by atoms with Crippen LogP contribution >= 0.6 is 0 Å². The van der Waals surface area contributed by atoms with Gasteiger partial charge < -0.3 is 21.7 Å². The highest BCUT2D eigenvalue weighted by molar-refractivity contribution is 5.89. The van der Waals surface area contributed by atoms with E-state index < -0.39 is 6.04 Å². The summed E-state index contributed by atoms with van der Waals surface area (Å²) in [6, 6.07) is 12.7. The first kappa shape index (κ1) is 18.8. The van der Waals surface area contributed by atoms with Gasteiger partial charge in [-0.25, -0.2) is 4.98 Å². The van der Waals surface area contributed by atoms with Gasteiger partial charge in [-0.05, 0) is 36.5 Å². The molecule has 0 radical (unpaired) electrons. The van der Waals surface area contributed by atoms with E-state index in [9.17, 15) is 9.59 Å². The molecule has 0 saturated carbocycles. The van der Waals surface area contributed by atoms with Crippen LogP contribution in [-0.4, -0.2) is 35.4 Å². The first-order chi connectivity index (χ1) is 13.0. The molecule has 3 rings (SSSR count). The summed E-state index contributed by atoms with van der Waals surface area (Å²) in [4.78, 5) is 28.7. The molecule has 1 saturated heterocycles. The summed E-state index contributed by atoms with van der Waals surface area (Å²) in [7, 11) is 0. The van der Waals surface area contributed by atoms with E-state index in [4.69, 9.17) is 5.73 Å². The average molecular weight is 367 g/mol. The maximum atomic E-state index is 12.5. The smallest absolute Gasteiger partial charge is 0.242 e. The van der Waals surface area contributed by atoms with Crippen LogP contribution in [0.5, 0.6) is 0 Å². The lowest BCUT2D eigenvalue weighted by atomic mass is 9.96. The number of carbonyl (C=O) groups excluding carboxylic acids is 2. The van der Waals surface area contributed by atoms with E-state index in [1.807, 2.05) is 18.2 Å². The number of carbonyl (C=O) groups is 2. The fraction of sp³-hybridized carbons (Fsp3) is 0.350. The highest BCUT2D eigenvalue weighted by Gasteiger charge is 2.31. The highest BCUT2D eigenvalue weighted by Crippen LogP contribution is 2.25. The molecule has 2 aromatic rings. The van der Waals surface area contributed by atoms with Crippen molar-refractivity contribution in [1.29, 1.82) is 0 Å². The second-order valence-electron chi connectivity index (χ2n) is 6.84. The van der Waals surface area contributed by atoms with Gasteiger partial charge in [-0.2, -0.15) is 0 Å². The van der Waals surface area contributed by atoms with Crippen molar-refractivity contribution in [1.82, 2.24) is 20.9 Å². The van der Waals surface area contributed by atoms with Gasteiger partial charge in [0.1, 0.15) is 11.9 Å². The van der Waals surface area contributed by atoms with Gasteiger partial charge in [-0.3, -0.25) is 9.59 Å². The zero-order valence-electron chi connectivity index (χ0n) is 15.3. The number of nitrogen functional groups attached to an aromatic ring is 1. The molecular formula is C20H25N5O2. The molecule has 142 valence electrons. The summed E-state index contributed by atoms with van der Waals surface area (Å²) in [5, 5.41) is 8.83. The summed E-state index contributed by atoms with van der Waals surface area (Å²) in [6.07, 6.45) is 2.34. The zero-order chi connectivity index (χ0) is 19.2. The first-order valence-corrected chi connectivity index (χ1v) is 9.09. The third-order valence-electron chi connectivity index (χ3n) is 4.78. The van der Waals surface area contributed by atoms with Crippen LogP contribution in [0.1, 0.15) is 30.4 Å². The predicted octanol–water partition coefficient (Wildman–Crippen LogP) is 0.930. The number of nitrogens with one attached hydrogen (secondary N) is 3. The first-order valence-electron chi connectivity index (χ1n) is 9.09. The van der Waals surface area contributed by atoms with Gasteiger partial charge in [-0.1, -0.05) is 36.4 Å². The predicted molar refractivity (Wildman–Crippen MR) is 104 cm³/mol. The van der Waals surface area contributed by atoms with E-state index in [0.29, 0.717) is 18.3 Å². The van der Waals surface area contributed by atoms with Crippen molar-refractivity contribution in [3.63, 3.8) is 0 Å². The normalized spacial score (nSPS) is 20.0. The Kier molecular flexibility index (Phi) is 6.03. The van der Waals surface area contributed by atoms with Crippen LogP contribution in [0.25, 0.3) is 0 Å². The lowest BCUT2D eigenvalue weighted by molar-refractivity contribution is -0.129. The monoisotopic (exact) mass is 367 g/mol. The van der Waals surface area contributed by atoms with Crippen molar-refractivity contribution in [3.8, 4) is 0 Å². The Balaban J connectivity index is 1.45. The Morgan fingerprint density at radius 1 is 1.26 bits per heavy atom. The lowest BCUT2D eigenvalue weighted by Crippen LogP contribution is -2.49. The average Bonchev–Trinajstić information content (AvgIpc) is 3.18. The Bertz CT molecular complexity index is 779. The van der Waals surface area contributed by atoms with E-state index in [1.165, 1.54) is 5.56 Å². The molecule has 0 bridgehead atoms. The number of amides is 2. The van der Waals surface area contributed by atoms with Crippen molar-refractivity contribution in [2.45, 2.75) is 37.9 Å². The van der Waals surface area contributed by atoms with Crippen molar-refractivity contribution in [2.75, 3.05) is 12.3 Å². The third-order valence-corrected chi connectivity index (χ3v) is 4.78. The van der Waals surface area contributed by atoms with Crippen molar-refractivity contribution >= 4 is 17.6 Å². The standard InChI is InChI=1S/C20H25N5O2/c1-13(19(26)24-11-14-7-8-18(21)23-10-14)25-20(27)17-9-16(12-22-17)15-5-3-2-4-6-15/h2-8,10,13,16-17,22H,9,11-12H2,1H3,(H2,21,23)(H,24,26)(H,25,27)/t13-,16-,17+/m0/s1. The number of benzene rings is 1. The number of nitrogens with zero attached hydrogens (tertiary/aromatic N) is 1. The molecule has 5 N–H and O–H groups in total. The molecule has 7 heteroatoms. The van der Waals surface area contributed by atoms with Crippen LogP contribution in [0, 0.1) is 0 Å². The van der Waals surface area contributed by atoms with Crippen LogP contribution < -0.4 is 21.7 Å². The van der Waals surface area contributed by atoms with Gasteiger partial charge in [0, 0.05) is 19.3 Å². The fourth-order valence-corrected chi connectivity index (χ4v) is 3.18. The number of aromatic nitrogens is 1. The molecular weight excluding hydrogens is 342 g/mol. The van der Waals surface area contributed by atoms with Crippen molar-refractivity contribution in [2.24, 2.45) is 0 Å². The van der Waals surface area contributed by atoms with Crippen molar-refractivity contribution < 1.29 is 9.59 Å². The van der Waals surface area contributed by atoms with Gasteiger partial charge in [0.2, 0.25) is 11.8 Å². The Morgan fingerprint density at radius 3 is 2.74 bits per heavy atom. The highest BCUT2D eigenvalue weighted by atomic mass is 16.2. The number of nitrogens with two attached hydrogens (primary N) is 1. The zero-order valence-corrected chi connectivity index (χ0v) is 15.3. The Morgan fingerprint density at radius 2 is 2.04 bits per heavy atom. The Labute approximate surface area is 158 Å². The molecule has 7 nitrogen and oxygen atoms in total. The van der Waals surface area contributed by atoms with E-state index in [2.05, 4.69) is 33.1 Å². The molecule has 3 atom stereocenters. The summed E-state index contributed by atoms with van der Waals surface area (Å²) in [5.74, 6) is 0.357. The van der Waals surface area contributed by atoms with Gasteiger partial charge >= 0.3 is 0 Å². The van der Waals surface area contributed by atoms with E-state index in [0.717, 1.165) is 18.5 Å². The number of hydrogen-bond acceptors (Lipinski definition) is 5. The van der Waals surface area contributed by atoms with Crippen LogP contribution in [-0.2, 0) is 16.1 Å². The summed E-state index contributed by atoms with van der Waals surface area (Å²) in [6.45, 7) is 2.77. The summed E-state index contributed by atoms with van der Waals surface area (Å²) in [5.41, 5.74) is 7.61. The largest absolute Gasteiger partial charge is 0.384 e. The molecule has 2 heterocycles. The summed E-state index contributed by atoms with van der Waals surface area (Å²) < 4.78 is 0. The molecule has 1 aliphatic rings. The maximum absolute atomic E-state index is 12.5. The van der Waals surface area contributed by atoms with Gasteiger partial charge in [0.25, 0.3) is 0 Å². The minimum Gasteiger partial charge on any atom is -0.384 e. The van der Waals surface area contributed by atoms with Gasteiger partial charge in [-0.15, -0.1) is 0 Å². The lowest BCUT2D eigenvalue weighted by Gasteiger charge is -2.17. The fourth-order valence-electron chi connectivity index (χ4n) is 3.18. The number of rotatable bonds is 6. The molecule has 1 aliphatic heterocycles. The number of hydrogen-bond donors (Lipinski definition) is 4. The van der Waals surface area contributed by atoms with Crippen LogP contribution in [0.2, 0.25) is 0 Å². The number of pyridine rings is 1. The SMILES string of the molecule is C[C@H](NC(=O)[C@H]1C[C@H](c2ccccc2)CN1)C(=O)NCc1ccc(N)nc1. The molecule has 0 aliphatic carbocycles. The van der Waals surface area contributed by atoms with Crippen LogP contribution in [0.3, 0.4) is 0 Å². The Hall–Kier alpha value is -2.93.